The first-order valence-corrected chi connectivity index (χ1v) is 7.95. The van der Waals surface area contributed by atoms with Crippen molar-refractivity contribution in [3.8, 4) is 0 Å². The molecule has 0 saturated heterocycles. The minimum atomic E-state index is -0.932. The first-order chi connectivity index (χ1) is 11.0. The molecule has 1 rings (SSSR count). The second kappa shape index (κ2) is 9.85. The van der Waals surface area contributed by atoms with Crippen LogP contribution < -0.4 is 0 Å². The molecule has 0 aromatic rings. The van der Waals surface area contributed by atoms with Crippen molar-refractivity contribution in [1.29, 1.82) is 0 Å². The van der Waals surface area contributed by atoms with Gasteiger partial charge in [0.1, 0.15) is 0 Å². The molecule has 1 aliphatic carbocycles. The average molecular weight is 332 g/mol. The second-order valence-electron chi connectivity index (χ2n) is 5.64. The van der Waals surface area contributed by atoms with Crippen molar-refractivity contribution in [2.24, 2.45) is 0 Å². The van der Waals surface area contributed by atoms with Crippen molar-refractivity contribution in [2.75, 3.05) is 27.9 Å². The van der Waals surface area contributed by atoms with Crippen LogP contribution in [0.25, 0.3) is 0 Å². The van der Waals surface area contributed by atoms with Gasteiger partial charge >= 0.3 is 11.9 Å². The van der Waals surface area contributed by atoms with Crippen LogP contribution in [0.5, 0.6) is 0 Å². The molecule has 0 spiro atoms. The molecular formula is C16H28O7. The van der Waals surface area contributed by atoms with Gasteiger partial charge in [0.05, 0.1) is 19.8 Å². The van der Waals surface area contributed by atoms with E-state index >= 15 is 0 Å². The van der Waals surface area contributed by atoms with Crippen LogP contribution >= 0.6 is 0 Å². The van der Waals surface area contributed by atoms with Crippen LogP contribution in [0.4, 0.5) is 0 Å². The SMILES string of the molecule is COC(=O)C(OC1(OC)CCCCC1)C(CCOC(C)=O)OC. The fourth-order valence-corrected chi connectivity index (χ4v) is 2.80. The highest BCUT2D eigenvalue weighted by molar-refractivity contribution is 5.75. The molecule has 0 aliphatic heterocycles. The Morgan fingerprint density at radius 2 is 1.74 bits per heavy atom. The Kier molecular flexibility index (Phi) is 8.51. The Morgan fingerprint density at radius 3 is 2.22 bits per heavy atom. The molecule has 0 N–H and O–H groups in total. The topological polar surface area (TPSA) is 80.3 Å². The summed E-state index contributed by atoms with van der Waals surface area (Å²) in [5.41, 5.74) is 0. The predicted molar refractivity (Wildman–Crippen MR) is 81.8 cm³/mol. The molecule has 7 heteroatoms. The minimum absolute atomic E-state index is 0.144. The monoisotopic (exact) mass is 332 g/mol. The van der Waals surface area contributed by atoms with Gasteiger partial charge < -0.3 is 23.7 Å². The fraction of sp³-hybridized carbons (Fsp3) is 0.875. The van der Waals surface area contributed by atoms with E-state index in [1.165, 1.54) is 21.1 Å². The van der Waals surface area contributed by atoms with E-state index in [0.717, 1.165) is 32.1 Å². The number of ether oxygens (including phenoxy) is 5. The number of carbonyl (C=O) groups is 2. The van der Waals surface area contributed by atoms with E-state index in [1.54, 1.807) is 7.11 Å². The van der Waals surface area contributed by atoms with Gasteiger partial charge in [-0.25, -0.2) is 4.79 Å². The molecule has 1 saturated carbocycles. The summed E-state index contributed by atoms with van der Waals surface area (Å²) in [6.45, 7) is 1.47. The number of rotatable bonds is 9. The summed E-state index contributed by atoms with van der Waals surface area (Å²) in [4.78, 5) is 23.0. The first kappa shape index (κ1) is 19.9. The summed E-state index contributed by atoms with van der Waals surface area (Å²) in [5, 5.41) is 0. The zero-order chi connectivity index (χ0) is 17.3. The smallest absolute Gasteiger partial charge is 0.337 e. The third-order valence-electron chi connectivity index (χ3n) is 4.11. The highest BCUT2D eigenvalue weighted by atomic mass is 16.7. The highest BCUT2D eigenvalue weighted by Crippen LogP contribution is 2.34. The summed E-state index contributed by atoms with van der Waals surface area (Å²) in [5.74, 6) is -1.70. The van der Waals surface area contributed by atoms with Crippen molar-refractivity contribution >= 4 is 11.9 Å². The lowest BCUT2D eigenvalue weighted by Gasteiger charge is -2.39. The van der Waals surface area contributed by atoms with Crippen LogP contribution in [0.1, 0.15) is 45.4 Å². The molecule has 1 aliphatic rings. The lowest BCUT2D eigenvalue weighted by molar-refractivity contribution is -0.275. The van der Waals surface area contributed by atoms with Gasteiger partial charge in [0.25, 0.3) is 0 Å². The molecule has 0 aromatic heterocycles. The fourth-order valence-electron chi connectivity index (χ4n) is 2.80. The number of hydrogen-bond acceptors (Lipinski definition) is 7. The van der Waals surface area contributed by atoms with Crippen molar-refractivity contribution < 1.29 is 33.3 Å². The lowest BCUT2D eigenvalue weighted by atomic mass is 9.93. The Labute approximate surface area is 137 Å². The van der Waals surface area contributed by atoms with E-state index in [0.29, 0.717) is 6.42 Å². The maximum Gasteiger partial charge on any atom is 0.337 e. The minimum Gasteiger partial charge on any atom is -0.467 e. The van der Waals surface area contributed by atoms with Gasteiger partial charge in [0.15, 0.2) is 11.9 Å². The van der Waals surface area contributed by atoms with Gasteiger partial charge in [0, 0.05) is 40.4 Å². The van der Waals surface area contributed by atoms with E-state index < -0.39 is 24.0 Å². The van der Waals surface area contributed by atoms with Gasteiger partial charge in [-0.2, -0.15) is 0 Å². The summed E-state index contributed by atoms with van der Waals surface area (Å²) < 4.78 is 26.7. The Balaban J connectivity index is 2.79. The van der Waals surface area contributed by atoms with Crippen molar-refractivity contribution in [2.45, 2.75) is 63.4 Å². The molecule has 0 radical (unpaired) electrons. The Morgan fingerprint density at radius 1 is 1.09 bits per heavy atom. The summed E-state index contributed by atoms with van der Waals surface area (Å²) >= 11 is 0. The third-order valence-corrected chi connectivity index (χ3v) is 4.11. The third kappa shape index (κ3) is 6.08. The number of methoxy groups -OCH3 is 3. The standard InChI is InChI=1S/C16H28O7/c1-12(17)22-11-8-13(19-2)14(15(18)20-3)23-16(21-4)9-6-5-7-10-16/h13-14H,5-11H2,1-4H3. The summed E-state index contributed by atoms with van der Waals surface area (Å²) in [6.07, 6.45) is 3.33. The molecule has 0 heterocycles. The van der Waals surface area contributed by atoms with Crippen LogP contribution in [0, 0.1) is 0 Å². The Hall–Kier alpha value is -1.18. The van der Waals surface area contributed by atoms with Crippen molar-refractivity contribution in [3.05, 3.63) is 0 Å². The van der Waals surface area contributed by atoms with Gasteiger partial charge in [0.2, 0.25) is 0 Å². The molecule has 134 valence electrons. The van der Waals surface area contributed by atoms with Crippen LogP contribution in [0.2, 0.25) is 0 Å². The van der Waals surface area contributed by atoms with Crippen LogP contribution in [-0.2, 0) is 33.3 Å². The summed E-state index contributed by atoms with van der Waals surface area (Å²) in [6, 6.07) is 0. The normalized spacial score (nSPS) is 19.7. The van der Waals surface area contributed by atoms with E-state index in [4.69, 9.17) is 23.7 Å². The first-order valence-electron chi connectivity index (χ1n) is 7.95. The number of esters is 2. The van der Waals surface area contributed by atoms with E-state index in [9.17, 15) is 9.59 Å². The highest BCUT2D eigenvalue weighted by Gasteiger charge is 2.41. The molecule has 0 aromatic carbocycles. The predicted octanol–water partition coefficient (Wildman–Crippen LogP) is 1.82. The van der Waals surface area contributed by atoms with Gasteiger partial charge in [-0.1, -0.05) is 6.42 Å². The van der Waals surface area contributed by atoms with E-state index in [2.05, 4.69) is 0 Å². The van der Waals surface area contributed by atoms with Gasteiger partial charge in [-0.15, -0.1) is 0 Å². The number of hydrogen-bond donors (Lipinski definition) is 0. The van der Waals surface area contributed by atoms with Crippen molar-refractivity contribution in [1.82, 2.24) is 0 Å². The quantitative estimate of drug-likeness (QED) is 0.470. The summed E-state index contributed by atoms with van der Waals surface area (Å²) in [7, 11) is 4.37. The zero-order valence-electron chi connectivity index (χ0n) is 14.5. The maximum absolute atomic E-state index is 12.2. The molecule has 2 unspecified atom stereocenters. The van der Waals surface area contributed by atoms with E-state index in [1.807, 2.05) is 0 Å². The van der Waals surface area contributed by atoms with E-state index in [-0.39, 0.29) is 12.6 Å². The molecule has 0 bridgehead atoms. The van der Waals surface area contributed by atoms with Gasteiger partial charge in [-0.3, -0.25) is 4.79 Å². The van der Waals surface area contributed by atoms with Gasteiger partial charge in [-0.05, 0) is 12.8 Å². The molecule has 23 heavy (non-hydrogen) atoms. The molecule has 7 nitrogen and oxygen atoms in total. The average Bonchev–Trinajstić information content (AvgIpc) is 2.57. The van der Waals surface area contributed by atoms with Crippen LogP contribution in [-0.4, -0.2) is 57.9 Å². The number of carbonyl (C=O) groups excluding carboxylic acids is 2. The second-order valence-corrected chi connectivity index (χ2v) is 5.64. The maximum atomic E-state index is 12.2. The molecule has 1 fully saturated rings. The molecule has 2 atom stereocenters. The largest absolute Gasteiger partial charge is 0.467 e. The van der Waals surface area contributed by atoms with Crippen LogP contribution in [0.15, 0.2) is 0 Å². The lowest BCUT2D eigenvalue weighted by Crippen LogP contribution is -2.48. The van der Waals surface area contributed by atoms with Crippen molar-refractivity contribution in [3.63, 3.8) is 0 Å². The Bertz CT molecular complexity index is 377. The molecular weight excluding hydrogens is 304 g/mol. The zero-order valence-corrected chi connectivity index (χ0v) is 14.5. The molecule has 0 amide bonds. The van der Waals surface area contributed by atoms with Crippen LogP contribution in [0.3, 0.4) is 0 Å².